The van der Waals surface area contributed by atoms with Gasteiger partial charge in [-0.3, -0.25) is 4.98 Å². The van der Waals surface area contributed by atoms with Crippen molar-refractivity contribution < 1.29 is 28.5 Å². The number of ether oxygens (including phenoxy) is 3. The molecule has 0 saturated carbocycles. The number of aromatic hydroxyl groups is 1. The average Bonchev–Trinajstić information content (AvgIpc) is 3.21. The number of benzene rings is 3. The molecule has 2 aromatic heterocycles. The van der Waals surface area contributed by atoms with Crippen molar-refractivity contribution in [3.05, 3.63) is 95.1 Å². The van der Waals surface area contributed by atoms with Crippen LogP contribution in [0.4, 0.5) is 4.39 Å². The van der Waals surface area contributed by atoms with Gasteiger partial charge in [-0.2, -0.15) is 0 Å². The molecule has 0 amide bonds. The summed E-state index contributed by atoms with van der Waals surface area (Å²) < 4.78 is 31.5. The predicted octanol–water partition coefficient (Wildman–Crippen LogP) is 5.54. The van der Waals surface area contributed by atoms with Crippen LogP contribution in [0.25, 0.3) is 21.7 Å². The first-order valence-electron chi connectivity index (χ1n) is 11.6. The molecule has 1 N–H and O–H groups in total. The van der Waals surface area contributed by atoms with Crippen LogP contribution in [0.15, 0.2) is 67.0 Å². The lowest BCUT2D eigenvalue weighted by molar-refractivity contribution is 0.0605. The number of hydrogen-bond donors (Lipinski definition) is 1. The molecular weight excluding hydrogens is 475 g/mol. The highest BCUT2D eigenvalue weighted by atomic mass is 19.1. The van der Waals surface area contributed by atoms with Gasteiger partial charge in [0.05, 0.1) is 25.2 Å². The first-order chi connectivity index (χ1) is 17.9. The minimum atomic E-state index is -0.553. The van der Waals surface area contributed by atoms with Gasteiger partial charge < -0.3 is 23.9 Å². The number of esters is 1. The van der Waals surface area contributed by atoms with Gasteiger partial charge in [-0.15, -0.1) is 0 Å². The van der Waals surface area contributed by atoms with E-state index < -0.39 is 5.97 Å². The van der Waals surface area contributed by atoms with Crippen LogP contribution in [-0.2, 0) is 24.8 Å². The van der Waals surface area contributed by atoms with Crippen LogP contribution in [0.2, 0.25) is 0 Å². The molecule has 5 rings (SSSR count). The van der Waals surface area contributed by atoms with E-state index in [4.69, 9.17) is 14.2 Å². The van der Waals surface area contributed by atoms with E-state index in [1.165, 1.54) is 23.8 Å². The van der Waals surface area contributed by atoms with E-state index in [9.17, 15) is 14.3 Å². The second-order valence-corrected chi connectivity index (χ2v) is 8.73. The van der Waals surface area contributed by atoms with Gasteiger partial charge in [-0.05, 0) is 53.4 Å². The second kappa shape index (κ2) is 9.81. The van der Waals surface area contributed by atoms with E-state index in [0.717, 1.165) is 22.4 Å². The van der Waals surface area contributed by atoms with E-state index in [0.29, 0.717) is 33.8 Å². The Morgan fingerprint density at radius 1 is 1.00 bits per heavy atom. The van der Waals surface area contributed by atoms with E-state index in [-0.39, 0.29) is 23.9 Å². The van der Waals surface area contributed by atoms with Gasteiger partial charge in [0.25, 0.3) is 0 Å². The molecule has 2 heterocycles. The summed E-state index contributed by atoms with van der Waals surface area (Å²) >= 11 is 0. The van der Waals surface area contributed by atoms with Crippen molar-refractivity contribution >= 4 is 27.6 Å². The molecule has 0 unspecified atom stereocenters. The smallest absolute Gasteiger partial charge is 0.339 e. The minimum absolute atomic E-state index is 0.0519. The van der Waals surface area contributed by atoms with Crippen LogP contribution in [0.1, 0.15) is 27.0 Å². The Morgan fingerprint density at radius 2 is 1.70 bits per heavy atom. The number of pyridine rings is 1. The highest BCUT2D eigenvalue weighted by molar-refractivity contribution is 6.20. The summed E-state index contributed by atoms with van der Waals surface area (Å²) in [6.45, 7) is 0.207. The van der Waals surface area contributed by atoms with Crippen molar-refractivity contribution in [1.29, 1.82) is 0 Å². The number of halogens is 1. The largest absolute Gasteiger partial charge is 0.497 e. The number of hydrogen-bond acceptors (Lipinski definition) is 6. The van der Waals surface area contributed by atoms with Crippen molar-refractivity contribution in [1.82, 2.24) is 9.55 Å². The van der Waals surface area contributed by atoms with E-state index in [1.54, 1.807) is 38.7 Å². The molecule has 3 aromatic carbocycles. The van der Waals surface area contributed by atoms with Gasteiger partial charge >= 0.3 is 5.97 Å². The Morgan fingerprint density at radius 3 is 2.38 bits per heavy atom. The Hall–Kier alpha value is -4.59. The van der Waals surface area contributed by atoms with Crippen LogP contribution in [-0.4, -0.2) is 34.8 Å². The zero-order valence-electron chi connectivity index (χ0n) is 20.6. The highest BCUT2D eigenvalue weighted by Gasteiger charge is 2.26. The maximum atomic E-state index is 13.4. The molecule has 0 atom stereocenters. The standard InChI is InChI=1S/C29H25FN2O5/c1-32-15-23-24(29(34)36-3)22-13-19(12-17-4-8-20(30)9-5-17)14-31-26(22)27(25(23)28(32)33)37-16-18-6-10-21(35-2)11-7-18/h4-11,13-15,33H,12,16H2,1-3H3. The summed E-state index contributed by atoms with van der Waals surface area (Å²) in [5, 5.41) is 12.3. The fourth-order valence-electron chi connectivity index (χ4n) is 4.45. The summed E-state index contributed by atoms with van der Waals surface area (Å²) in [5.74, 6) is 0.181. The number of rotatable bonds is 7. The lowest BCUT2D eigenvalue weighted by atomic mass is 9.98. The van der Waals surface area contributed by atoms with Crippen molar-refractivity contribution in [3.8, 4) is 17.4 Å². The summed E-state index contributed by atoms with van der Waals surface area (Å²) in [6, 6.07) is 15.6. The molecule has 188 valence electrons. The molecule has 8 heteroatoms. The summed E-state index contributed by atoms with van der Waals surface area (Å²) in [7, 11) is 4.60. The topological polar surface area (TPSA) is 82.8 Å². The maximum absolute atomic E-state index is 13.4. The van der Waals surface area contributed by atoms with Gasteiger partial charge in [0, 0.05) is 30.2 Å². The van der Waals surface area contributed by atoms with Crippen LogP contribution >= 0.6 is 0 Å². The molecule has 0 aliphatic rings. The molecule has 0 bridgehead atoms. The Labute approximate surface area is 212 Å². The molecule has 0 aliphatic heterocycles. The molecule has 0 saturated heterocycles. The number of aromatic nitrogens is 2. The number of nitrogens with zero attached hydrogens (tertiary/aromatic N) is 2. The van der Waals surface area contributed by atoms with Crippen molar-refractivity contribution in [2.24, 2.45) is 7.05 Å². The normalized spacial score (nSPS) is 11.1. The van der Waals surface area contributed by atoms with Crippen molar-refractivity contribution in [3.63, 3.8) is 0 Å². The third-order valence-corrected chi connectivity index (χ3v) is 6.33. The molecule has 0 aliphatic carbocycles. The lowest BCUT2D eigenvalue weighted by Gasteiger charge is -2.15. The van der Waals surface area contributed by atoms with Crippen LogP contribution in [0.3, 0.4) is 0 Å². The number of fused-ring (bicyclic) bond motifs is 2. The minimum Gasteiger partial charge on any atom is -0.497 e. The molecule has 0 radical (unpaired) electrons. The number of aryl methyl sites for hydroxylation is 1. The SMILES string of the molecule is COC(=O)c1c2cc(Cc3ccc(F)cc3)cnc2c(OCc2ccc(OC)cc2)c2c(O)n(C)cc12. The first-order valence-corrected chi connectivity index (χ1v) is 11.6. The molecule has 5 aromatic rings. The zero-order chi connectivity index (χ0) is 26.1. The fourth-order valence-corrected chi connectivity index (χ4v) is 4.45. The molecule has 0 fully saturated rings. The summed E-state index contributed by atoms with van der Waals surface area (Å²) in [4.78, 5) is 17.6. The first kappa shape index (κ1) is 24.1. The van der Waals surface area contributed by atoms with Crippen LogP contribution in [0.5, 0.6) is 17.4 Å². The number of carbonyl (C=O) groups is 1. The monoisotopic (exact) mass is 500 g/mol. The highest BCUT2D eigenvalue weighted by Crippen LogP contribution is 2.43. The molecule has 7 nitrogen and oxygen atoms in total. The van der Waals surface area contributed by atoms with Crippen molar-refractivity contribution in [2.45, 2.75) is 13.0 Å². The van der Waals surface area contributed by atoms with Gasteiger partial charge in [0.15, 0.2) is 5.75 Å². The summed E-state index contributed by atoms with van der Waals surface area (Å²) in [6.07, 6.45) is 3.85. The fraction of sp³-hybridized carbons (Fsp3) is 0.172. The second-order valence-electron chi connectivity index (χ2n) is 8.73. The van der Waals surface area contributed by atoms with Crippen LogP contribution < -0.4 is 9.47 Å². The van der Waals surface area contributed by atoms with E-state index in [1.807, 2.05) is 30.3 Å². The van der Waals surface area contributed by atoms with E-state index in [2.05, 4.69) is 4.98 Å². The van der Waals surface area contributed by atoms with Gasteiger partial charge in [0.2, 0.25) is 5.88 Å². The number of carbonyl (C=O) groups excluding carboxylic acids is 1. The average molecular weight is 501 g/mol. The molecular formula is C29H25FN2O5. The Kier molecular flexibility index (Phi) is 6.40. The number of methoxy groups -OCH3 is 2. The van der Waals surface area contributed by atoms with Crippen molar-refractivity contribution in [2.75, 3.05) is 14.2 Å². The molecule has 37 heavy (non-hydrogen) atoms. The Balaban J connectivity index is 1.67. The van der Waals surface area contributed by atoms with Gasteiger partial charge in [-0.1, -0.05) is 24.3 Å². The quantitative estimate of drug-likeness (QED) is 0.296. The Bertz CT molecular complexity index is 1610. The third kappa shape index (κ3) is 4.53. The maximum Gasteiger partial charge on any atom is 0.339 e. The predicted molar refractivity (Wildman–Crippen MR) is 138 cm³/mol. The van der Waals surface area contributed by atoms with E-state index >= 15 is 0 Å². The zero-order valence-corrected chi connectivity index (χ0v) is 20.6. The van der Waals surface area contributed by atoms with Gasteiger partial charge in [-0.25, -0.2) is 9.18 Å². The lowest BCUT2D eigenvalue weighted by Crippen LogP contribution is -2.06. The summed E-state index contributed by atoms with van der Waals surface area (Å²) in [5.41, 5.74) is 3.32. The van der Waals surface area contributed by atoms with Crippen LogP contribution in [0, 0.1) is 5.82 Å². The van der Waals surface area contributed by atoms with Gasteiger partial charge in [0.1, 0.15) is 23.7 Å². The molecule has 0 spiro atoms. The third-order valence-electron chi connectivity index (χ3n) is 6.33.